The Morgan fingerprint density at radius 2 is 1.61 bits per heavy atom. The first-order valence-corrected chi connectivity index (χ1v) is 12.7. The monoisotopic (exact) mass is 438 g/mol. The maximum absolute atomic E-state index is 11.8. The molecule has 0 heterocycles. The fraction of sp³-hybridized carbons (Fsp3) is 0.846. The number of rotatable bonds is 18. The van der Waals surface area contributed by atoms with E-state index in [2.05, 4.69) is 19.1 Å². The van der Waals surface area contributed by atoms with E-state index < -0.39 is 17.5 Å². The van der Waals surface area contributed by atoms with Crippen LogP contribution in [0.5, 0.6) is 0 Å². The van der Waals surface area contributed by atoms with Gasteiger partial charge in [0.2, 0.25) is 5.78 Å². The van der Waals surface area contributed by atoms with Crippen LogP contribution in [0.1, 0.15) is 105 Å². The van der Waals surface area contributed by atoms with Crippen molar-refractivity contribution in [2.24, 2.45) is 11.8 Å². The highest BCUT2D eigenvalue weighted by atomic mass is 16.7. The van der Waals surface area contributed by atoms with Crippen LogP contribution in [0.15, 0.2) is 12.2 Å². The van der Waals surface area contributed by atoms with Gasteiger partial charge in [0.1, 0.15) is 0 Å². The summed E-state index contributed by atoms with van der Waals surface area (Å²) in [5.74, 6) is -0.786. The molecule has 0 amide bonds. The standard InChI is InChI=1S/C26H46O5/c1-5-9-10-11-12-14-17-22-20-21-26(30-7-3,31-8-4)23(22)18-15-13-16-19-24(27)25(28)29-6-2/h14,17,22-23H,5-13,15-16,18-21H2,1-4H3/t22-,23+/m0/s1. The third-order valence-electron chi connectivity index (χ3n) is 6.21. The van der Waals surface area contributed by atoms with Crippen molar-refractivity contribution in [3.63, 3.8) is 0 Å². The Morgan fingerprint density at radius 3 is 2.26 bits per heavy atom. The van der Waals surface area contributed by atoms with Crippen molar-refractivity contribution in [1.82, 2.24) is 0 Å². The molecule has 0 radical (unpaired) electrons. The first-order valence-electron chi connectivity index (χ1n) is 12.7. The average Bonchev–Trinajstić information content (AvgIpc) is 3.08. The molecule has 5 heteroatoms. The predicted octanol–water partition coefficient (Wildman–Crippen LogP) is 6.39. The maximum Gasteiger partial charge on any atom is 0.374 e. The van der Waals surface area contributed by atoms with Crippen molar-refractivity contribution in [2.75, 3.05) is 19.8 Å². The zero-order chi connectivity index (χ0) is 23.0. The van der Waals surface area contributed by atoms with Crippen molar-refractivity contribution < 1.29 is 23.8 Å². The molecular weight excluding hydrogens is 392 g/mol. The molecule has 1 rings (SSSR count). The van der Waals surface area contributed by atoms with E-state index in [1.165, 1.54) is 25.7 Å². The SMILES string of the molecule is CCCCCCC=C[C@H]1CCC(OCC)(OCC)[C@@H]1CCCCCC(=O)C(=O)OCC. The van der Waals surface area contributed by atoms with Crippen LogP contribution in [0.25, 0.3) is 0 Å². The van der Waals surface area contributed by atoms with Gasteiger partial charge in [-0.15, -0.1) is 0 Å². The van der Waals surface area contributed by atoms with E-state index in [4.69, 9.17) is 14.2 Å². The Hall–Kier alpha value is -1.20. The van der Waals surface area contributed by atoms with Gasteiger partial charge in [-0.3, -0.25) is 4.79 Å². The molecule has 2 atom stereocenters. The van der Waals surface area contributed by atoms with E-state index in [1.54, 1.807) is 6.92 Å². The number of ether oxygens (including phenoxy) is 3. The molecule has 1 fully saturated rings. The summed E-state index contributed by atoms with van der Waals surface area (Å²) in [5, 5.41) is 0. The lowest BCUT2D eigenvalue weighted by Crippen LogP contribution is -2.41. The van der Waals surface area contributed by atoms with Gasteiger partial charge in [-0.05, 0) is 58.8 Å². The highest BCUT2D eigenvalue weighted by molar-refractivity contribution is 6.33. The summed E-state index contributed by atoms with van der Waals surface area (Å²) in [6.07, 6.45) is 17.0. The Labute approximate surface area is 190 Å². The highest BCUT2D eigenvalue weighted by Crippen LogP contribution is 2.47. The lowest BCUT2D eigenvalue weighted by Gasteiger charge is -2.36. The molecule has 1 aliphatic carbocycles. The lowest BCUT2D eigenvalue weighted by molar-refractivity contribution is -0.256. The quantitative estimate of drug-likeness (QED) is 0.0815. The largest absolute Gasteiger partial charge is 0.460 e. The fourth-order valence-corrected chi connectivity index (χ4v) is 4.73. The smallest absolute Gasteiger partial charge is 0.374 e. The second-order valence-electron chi connectivity index (χ2n) is 8.51. The number of allylic oxidation sites excluding steroid dienone is 2. The van der Waals surface area contributed by atoms with Crippen LogP contribution < -0.4 is 0 Å². The Balaban J connectivity index is 2.60. The first kappa shape index (κ1) is 27.8. The zero-order valence-corrected chi connectivity index (χ0v) is 20.5. The maximum atomic E-state index is 11.8. The van der Waals surface area contributed by atoms with Gasteiger partial charge in [0.25, 0.3) is 0 Å². The second-order valence-corrected chi connectivity index (χ2v) is 8.51. The minimum absolute atomic E-state index is 0.247. The summed E-state index contributed by atoms with van der Waals surface area (Å²) in [7, 11) is 0. The zero-order valence-electron chi connectivity index (χ0n) is 20.5. The average molecular weight is 439 g/mol. The van der Waals surface area contributed by atoms with Gasteiger partial charge < -0.3 is 14.2 Å². The molecule has 0 aromatic carbocycles. The van der Waals surface area contributed by atoms with Gasteiger partial charge in [-0.2, -0.15) is 0 Å². The molecule has 0 aromatic heterocycles. The van der Waals surface area contributed by atoms with E-state index >= 15 is 0 Å². The van der Waals surface area contributed by atoms with Gasteiger partial charge in [0.05, 0.1) is 6.61 Å². The summed E-state index contributed by atoms with van der Waals surface area (Å²) in [6, 6.07) is 0. The van der Waals surface area contributed by atoms with E-state index in [9.17, 15) is 9.59 Å². The predicted molar refractivity (Wildman–Crippen MR) is 125 cm³/mol. The van der Waals surface area contributed by atoms with E-state index in [0.717, 1.165) is 44.9 Å². The van der Waals surface area contributed by atoms with Crippen LogP contribution in [0, 0.1) is 11.8 Å². The van der Waals surface area contributed by atoms with Crippen molar-refractivity contribution in [3.8, 4) is 0 Å². The van der Waals surface area contributed by atoms with Crippen LogP contribution in [0.3, 0.4) is 0 Å². The van der Waals surface area contributed by atoms with Crippen LogP contribution in [-0.4, -0.2) is 37.4 Å². The Bertz CT molecular complexity index is 522. The first-order chi connectivity index (χ1) is 15.0. The molecular formula is C26H46O5. The molecule has 0 N–H and O–H groups in total. The number of esters is 1. The number of hydrogen-bond donors (Lipinski definition) is 0. The molecule has 1 aliphatic rings. The fourth-order valence-electron chi connectivity index (χ4n) is 4.73. The lowest BCUT2D eigenvalue weighted by atomic mass is 9.86. The molecule has 180 valence electrons. The highest BCUT2D eigenvalue weighted by Gasteiger charge is 2.48. The third-order valence-corrected chi connectivity index (χ3v) is 6.21. The summed E-state index contributed by atoms with van der Waals surface area (Å²) < 4.78 is 17.2. The van der Waals surface area contributed by atoms with E-state index in [1.807, 2.05) is 13.8 Å². The van der Waals surface area contributed by atoms with Crippen LogP contribution >= 0.6 is 0 Å². The molecule has 5 nitrogen and oxygen atoms in total. The molecule has 0 unspecified atom stereocenters. The molecule has 31 heavy (non-hydrogen) atoms. The van der Waals surface area contributed by atoms with Crippen LogP contribution in [0.4, 0.5) is 0 Å². The molecule has 0 aliphatic heterocycles. The number of Topliss-reactive ketones (excluding diaryl/α,β-unsaturated/α-hetero) is 1. The molecule has 0 bridgehead atoms. The van der Waals surface area contributed by atoms with Gasteiger partial charge in [-0.25, -0.2) is 4.79 Å². The number of hydrogen-bond acceptors (Lipinski definition) is 5. The summed E-state index contributed by atoms with van der Waals surface area (Å²) in [4.78, 5) is 23.2. The summed E-state index contributed by atoms with van der Waals surface area (Å²) >= 11 is 0. The minimum Gasteiger partial charge on any atom is -0.460 e. The number of carbonyl (C=O) groups excluding carboxylic acids is 2. The topological polar surface area (TPSA) is 61.8 Å². The van der Waals surface area contributed by atoms with Crippen molar-refractivity contribution in [1.29, 1.82) is 0 Å². The van der Waals surface area contributed by atoms with Crippen LogP contribution in [-0.2, 0) is 23.8 Å². The van der Waals surface area contributed by atoms with E-state index in [0.29, 0.717) is 25.0 Å². The molecule has 0 spiro atoms. The van der Waals surface area contributed by atoms with Gasteiger partial charge >= 0.3 is 5.97 Å². The minimum atomic E-state index is -0.700. The summed E-state index contributed by atoms with van der Waals surface area (Å²) in [6.45, 7) is 9.58. The van der Waals surface area contributed by atoms with Gasteiger partial charge in [0.15, 0.2) is 5.79 Å². The number of unbranched alkanes of at least 4 members (excludes halogenated alkanes) is 6. The van der Waals surface area contributed by atoms with Gasteiger partial charge in [-0.1, -0.05) is 51.2 Å². The summed E-state index contributed by atoms with van der Waals surface area (Å²) in [5.41, 5.74) is 0. The second kappa shape index (κ2) is 16.4. The number of carbonyl (C=O) groups is 2. The van der Waals surface area contributed by atoms with Crippen molar-refractivity contribution in [3.05, 3.63) is 12.2 Å². The number of ketones is 1. The Kier molecular flexibility index (Phi) is 14.8. The van der Waals surface area contributed by atoms with Crippen molar-refractivity contribution in [2.45, 2.75) is 111 Å². The van der Waals surface area contributed by atoms with Gasteiger partial charge in [0, 0.05) is 32.0 Å². The van der Waals surface area contributed by atoms with Crippen molar-refractivity contribution >= 4 is 11.8 Å². The van der Waals surface area contributed by atoms with Crippen LogP contribution in [0.2, 0.25) is 0 Å². The molecule has 1 saturated carbocycles. The third kappa shape index (κ3) is 9.86. The Morgan fingerprint density at radius 1 is 0.903 bits per heavy atom. The van der Waals surface area contributed by atoms with E-state index in [-0.39, 0.29) is 13.0 Å². The normalized spacial score (nSPS) is 20.4. The molecule has 0 aromatic rings. The molecule has 0 saturated heterocycles.